The molecule has 7 heteroatoms. The van der Waals surface area contributed by atoms with Gasteiger partial charge in [0.25, 0.3) is 0 Å². The Balaban J connectivity index is 1.50. The van der Waals surface area contributed by atoms with Crippen molar-refractivity contribution >= 4 is 27.7 Å². The molecule has 6 rings (SSSR count). The maximum absolute atomic E-state index is 15.5. The minimum atomic E-state index is -0.911. The number of carbonyl (C=O) groups excluding carboxylic acids is 1. The van der Waals surface area contributed by atoms with Crippen LogP contribution in [0.4, 0.5) is 8.78 Å². The van der Waals surface area contributed by atoms with Crippen LogP contribution in [0.5, 0.6) is 0 Å². The van der Waals surface area contributed by atoms with Gasteiger partial charge in [-0.15, -0.1) is 0 Å². The highest BCUT2D eigenvalue weighted by atomic mass is 19.1. The van der Waals surface area contributed by atoms with Gasteiger partial charge in [-0.3, -0.25) is 4.79 Å². The third kappa shape index (κ3) is 3.84. The molecule has 3 heterocycles. The molecule has 6 aromatic rings. The highest BCUT2D eigenvalue weighted by Gasteiger charge is 2.32. The summed E-state index contributed by atoms with van der Waals surface area (Å²) in [6.45, 7) is 4.88. The van der Waals surface area contributed by atoms with Gasteiger partial charge in [-0.2, -0.15) is 0 Å². The average Bonchev–Trinajstić information content (AvgIpc) is 3.45. The molecule has 0 atom stereocenters. The second-order valence-electron chi connectivity index (χ2n) is 10.7. The minimum absolute atomic E-state index is 0.231. The third-order valence-electron chi connectivity index (χ3n) is 7.89. The molecular formula is C33H28F2N4O. The Morgan fingerprint density at radius 3 is 2.23 bits per heavy atom. The van der Waals surface area contributed by atoms with E-state index in [1.807, 2.05) is 81.0 Å². The van der Waals surface area contributed by atoms with Crippen molar-refractivity contribution in [2.75, 3.05) is 0 Å². The molecule has 0 N–H and O–H groups in total. The monoisotopic (exact) mass is 534 g/mol. The molecule has 0 fully saturated rings. The maximum Gasteiger partial charge on any atom is 0.165 e. The fraction of sp³-hybridized carbons (Fsp3) is 0.182. The van der Waals surface area contributed by atoms with Crippen molar-refractivity contribution in [3.05, 3.63) is 107 Å². The molecule has 0 bridgehead atoms. The lowest BCUT2D eigenvalue weighted by Gasteiger charge is -2.27. The fourth-order valence-corrected chi connectivity index (χ4v) is 5.69. The summed E-state index contributed by atoms with van der Waals surface area (Å²) in [5.74, 6) is -1.68. The van der Waals surface area contributed by atoms with E-state index in [9.17, 15) is 9.18 Å². The van der Waals surface area contributed by atoms with Crippen LogP contribution in [-0.2, 0) is 19.5 Å². The van der Waals surface area contributed by atoms with Gasteiger partial charge in [0.05, 0.1) is 28.0 Å². The van der Waals surface area contributed by atoms with Crippen LogP contribution in [0, 0.1) is 11.6 Å². The van der Waals surface area contributed by atoms with Gasteiger partial charge in [-0.25, -0.2) is 18.7 Å². The number of carbonyl (C=O) groups is 1. The van der Waals surface area contributed by atoms with Gasteiger partial charge in [0, 0.05) is 30.4 Å². The smallest absolute Gasteiger partial charge is 0.165 e. The summed E-state index contributed by atoms with van der Waals surface area (Å²) in [4.78, 5) is 22.0. The first-order valence-corrected chi connectivity index (χ1v) is 13.1. The number of aryl methyl sites for hydroxylation is 2. The number of imidazole rings is 1. The summed E-state index contributed by atoms with van der Waals surface area (Å²) in [5, 5.41) is 1.14. The number of ketones is 1. The van der Waals surface area contributed by atoms with Gasteiger partial charge in [-0.1, -0.05) is 56.3 Å². The second-order valence-corrected chi connectivity index (χ2v) is 10.7. The number of hydrogen-bond acceptors (Lipinski definition) is 3. The summed E-state index contributed by atoms with van der Waals surface area (Å²) in [6.07, 6.45) is 0. The molecule has 0 aliphatic rings. The number of nitrogens with zero attached hydrogens (tertiary/aromatic N) is 4. The van der Waals surface area contributed by atoms with Gasteiger partial charge in [0.2, 0.25) is 0 Å². The van der Waals surface area contributed by atoms with E-state index in [-0.39, 0.29) is 5.56 Å². The first-order valence-electron chi connectivity index (χ1n) is 13.1. The molecule has 3 aromatic heterocycles. The molecule has 0 unspecified atom stereocenters. The topological polar surface area (TPSA) is 52.7 Å². The van der Waals surface area contributed by atoms with Crippen molar-refractivity contribution in [1.29, 1.82) is 0 Å². The Bertz CT molecular complexity index is 1970. The minimum Gasteiger partial charge on any atom is -0.342 e. The van der Waals surface area contributed by atoms with E-state index in [1.54, 1.807) is 0 Å². The molecule has 5 nitrogen and oxygen atoms in total. The lowest BCUT2D eigenvalue weighted by molar-refractivity contribution is 0.100. The van der Waals surface area contributed by atoms with E-state index in [0.717, 1.165) is 39.4 Å². The summed E-state index contributed by atoms with van der Waals surface area (Å²) in [6, 6.07) is 24.5. The number of halogens is 2. The molecule has 0 aliphatic heterocycles. The van der Waals surface area contributed by atoms with Crippen LogP contribution in [0.15, 0.2) is 78.9 Å². The number of benzene rings is 3. The van der Waals surface area contributed by atoms with Gasteiger partial charge in [-0.05, 0) is 54.4 Å². The fourth-order valence-electron chi connectivity index (χ4n) is 5.69. The standard InChI is InChI=1S/C33H28F2N4O/c1-19(40)29-23(34)17-16-21(30(29)35)33(2,3)22-11-8-15-27-31(22)37-32(39(27)5)25-13-9-12-24(36-25)28-18-20-10-6-7-14-26(20)38(28)4/h6-18H,1-5H3. The summed E-state index contributed by atoms with van der Waals surface area (Å²) >= 11 is 0. The van der Waals surface area contributed by atoms with Crippen molar-refractivity contribution < 1.29 is 13.6 Å². The van der Waals surface area contributed by atoms with Gasteiger partial charge >= 0.3 is 0 Å². The van der Waals surface area contributed by atoms with Gasteiger partial charge in [0.15, 0.2) is 11.6 Å². The van der Waals surface area contributed by atoms with Crippen molar-refractivity contribution in [1.82, 2.24) is 19.1 Å². The van der Waals surface area contributed by atoms with Crippen molar-refractivity contribution in [3.63, 3.8) is 0 Å². The summed E-state index contributed by atoms with van der Waals surface area (Å²) in [5.41, 5.74) is 4.76. The molecule has 0 saturated carbocycles. The lowest BCUT2D eigenvalue weighted by Crippen LogP contribution is -2.23. The normalized spacial score (nSPS) is 12.0. The summed E-state index contributed by atoms with van der Waals surface area (Å²) < 4.78 is 34.0. The molecule has 0 amide bonds. The van der Waals surface area contributed by atoms with Gasteiger partial charge in [0.1, 0.15) is 17.3 Å². The predicted octanol–water partition coefficient (Wildman–Crippen LogP) is 7.60. The molecular weight excluding hydrogens is 506 g/mol. The SMILES string of the molecule is CC(=O)c1c(F)ccc(C(C)(C)c2cccc3c2nc(-c2cccc(-c4cc5ccccc5n4C)n2)n3C)c1F. The average molecular weight is 535 g/mol. The molecule has 3 aromatic carbocycles. The summed E-state index contributed by atoms with van der Waals surface area (Å²) in [7, 11) is 3.96. The third-order valence-corrected chi connectivity index (χ3v) is 7.89. The van der Waals surface area contributed by atoms with Crippen molar-refractivity contribution in [3.8, 4) is 22.9 Å². The van der Waals surface area contributed by atoms with Crippen LogP contribution in [-0.4, -0.2) is 24.9 Å². The molecule has 0 aliphatic carbocycles. The van der Waals surface area contributed by atoms with E-state index in [0.29, 0.717) is 17.0 Å². The van der Waals surface area contributed by atoms with E-state index < -0.39 is 28.4 Å². The molecule has 0 radical (unpaired) electrons. The molecule has 0 spiro atoms. The Kier molecular flexibility index (Phi) is 5.91. The number of fused-ring (bicyclic) bond motifs is 2. The lowest BCUT2D eigenvalue weighted by atomic mass is 9.76. The van der Waals surface area contributed by atoms with Crippen LogP contribution < -0.4 is 0 Å². The number of Topliss-reactive ketones (excluding diaryl/α,β-unsaturated/α-hetero) is 1. The van der Waals surface area contributed by atoms with Crippen LogP contribution >= 0.6 is 0 Å². The Hall–Kier alpha value is -4.65. The highest BCUT2D eigenvalue weighted by Crippen LogP contribution is 2.39. The van der Waals surface area contributed by atoms with E-state index in [2.05, 4.69) is 22.8 Å². The first-order chi connectivity index (χ1) is 19.1. The molecule has 0 saturated heterocycles. The zero-order chi connectivity index (χ0) is 28.3. The number of pyridine rings is 1. The zero-order valence-corrected chi connectivity index (χ0v) is 23.0. The number of hydrogen-bond donors (Lipinski definition) is 0. The Morgan fingerprint density at radius 1 is 0.775 bits per heavy atom. The molecule has 40 heavy (non-hydrogen) atoms. The number of rotatable bonds is 5. The van der Waals surface area contributed by atoms with Crippen LogP contribution in [0.1, 0.15) is 42.3 Å². The quantitative estimate of drug-likeness (QED) is 0.214. The van der Waals surface area contributed by atoms with Crippen LogP contribution in [0.3, 0.4) is 0 Å². The van der Waals surface area contributed by atoms with E-state index >= 15 is 4.39 Å². The number of aromatic nitrogens is 4. The largest absolute Gasteiger partial charge is 0.342 e. The highest BCUT2D eigenvalue weighted by molar-refractivity contribution is 5.95. The van der Waals surface area contributed by atoms with Crippen LogP contribution in [0.25, 0.3) is 44.8 Å². The molecule has 200 valence electrons. The van der Waals surface area contributed by atoms with E-state index in [1.165, 1.54) is 13.0 Å². The van der Waals surface area contributed by atoms with Crippen molar-refractivity contribution in [2.45, 2.75) is 26.2 Å². The van der Waals surface area contributed by atoms with Crippen molar-refractivity contribution in [2.24, 2.45) is 14.1 Å². The number of para-hydroxylation sites is 2. The Morgan fingerprint density at radius 2 is 1.48 bits per heavy atom. The Labute approximate surface area is 230 Å². The van der Waals surface area contributed by atoms with Gasteiger partial charge < -0.3 is 9.13 Å². The first kappa shape index (κ1) is 25.6. The zero-order valence-electron chi connectivity index (χ0n) is 23.0. The second kappa shape index (κ2) is 9.23. The maximum atomic E-state index is 15.5. The predicted molar refractivity (Wildman–Crippen MR) is 154 cm³/mol. The van der Waals surface area contributed by atoms with E-state index in [4.69, 9.17) is 9.97 Å². The van der Waals surface area contributed by atoms with Crippen LogP contribution in [0.2, 0.25) is 0 Å².